The lowest BCUT2D eigenvalue weighted by atomic mass is 9.93. The zero-order chi connectivity index (χ0) is 15.8. The molecule has 1 fully saturated rings. The van der Waals surface area contributed by atoms with Crippen LogP contribution in [0.25, 0.3) is 0 Å². The molecule has 5 heteroatoms. The zero-order valence-corrected chi connectivity index (χ0v) is 13.9. The predicted octanol–water partition coefficient (Wildman–Crippen LogP) is 2.73. The Bertz CT molecular complexity index is 587. The standard InChI is InChI=1S/C16H18BrNO3/c1-16(2,3)15(21)18-12(9-13(19)14(18)20)8-10-4-6-11(17)7-5-10/h4-7,12H,8-9H2,1-3H3. The summed E-state index contributed by atoms with van der Waals surface area (Å²) in [4.78, 5) is 37.3. The highest BCUT2D eigenvalue weighted by Gasteiger charge is 2.45. The van der Waals surface area contributed by atoms with E-state index < -0.39 is 17.1 Å². The number of benzene rings is 1. The highest BCUT2D eigenvalue weighted by molar-refractivity contribution is 9.10. The van der Waals surface area contributed by atoms with E-state index in [2.05, 4.69) is 15.9 Å². The molecule has 0 saturated carbocycles. The number of nitrogens with zero attached hydrogens (tertiary/aromatic N) is 1. The van der Waals surface area contributed by atoms with Gasteiger partial charge in [0, 0.05) is 16.3 Å². The minimum Gasteiger partial charge on any atom is -0.289 e. The number of carbonyl (C=O) groups excluding carboxylic acids is 3. The third-order valence-electron chi connectivity index (χ3n) is 3.49. The van der Waals surface area contributed by atoms with E-state index in [9.17, 15) is 14.4 Å². The molecule has 2 rings (SSSR count). The SMILES string of the molecule is CC(C)(C)C(=O)N1C(=O)C(=O)CC1Cc1ccc(Br)cc1. The molecule has 112 valence electrons. The van der Waals surface area contributed by atoms with Gasteiger partial charge in [-0.1, -0.05) is 48.8 Å². The fraction of sp³-hybridized carbons (Fsp3) is 0.438. The van der Waals surface area contributed by atoms with Gasteiger partial charge in [-0.15, -0.1) is 0 Å². The van der Waals surface area contributed by atoms with Crippen molar-refractivity contribution in [2.24, 2.45) is 5.41 Å². The summed E-state index contributed by atoms with van der Waals surface area (Å²) >= 11 is 3.37. The molecular formula is C16H18BrNO3. The molecule has 1 aliphatic rings. The average Bonchev–Trinajstić information content (AvgIpc) is 2.66. The molecule has 21 heavy (non-hydrogen) atoms. The van der Waals surface area contributed by atoms with Gasteiger partial charge in [-0.2, -0.15) is 0 Å². The van der Waals surface area contributed by atoms with E-state index in [4.69, 9.17) is 0 Å². The molecule has 0 spiro atoms. The maximum Gasteiger partial charge on any atom is 0.296 e. The van der Waals surface area contributed by atoms with Crippen molar-refractivity contribution in [3.05, 3.63) is 34.3 Å². The molecule has 1 saturated heterocycles. The maximum atomic E-state index is 12.4. The highest BCUT2D eigenvalue weighted by Crippen LogP contribution is 2.27. The summed E-state index contributed by atoms with van der Waals surface area (Å²) in [5.74, 6) is -1.44. The van der Waals surface area contributed by atoms with Gasteiger partial charge in [-0.05, 0) is 24.1 Å². The van der Waals surface area contributed by atoms with Gasteiger partial charge in [-0.25, -0.2) is 0 Å². The van der Waals surface area contributed by atoms with Gasteiger partial charge in [0.15, 0.2) is 0 Å². The number of likely N-dealkylation sites (tertiary alicyclic amines) is 1. The number of carbonyl (C=O) groups is 3. The first kappa shape index (κ1) is 15.9. The molecule has 0 radical (unpaired) electrons. The van der Waals surface area contributed by atoms with E-state index in [1.165, 1.54) is 0 Å². The lowest BCUT2D eigenvalue weighted by Gasteiger charge is -2.28. The first-order chi connectivity index (χ1) is 9.70. The third kappa shape index (κ3) is 3.40. The van der Waals surface area contributed by atoms with Crippen molar-refractivity contribution < 1.29 is 14.4 Å². The quantitative estimate of drug-likeness (QED) is 0.769. The topological polar surface area (TPSA) is 54.5 Å². The molecular weight excluding hydrogens is 334 g/mol. The Morgan fingerprint density at radius 3 is 2.33 bits per heavy atom. The molecule has 1 unspecified atom stereocenters. The Morgan fingerprint density at radius 2 is 1.81 bits per heavy atom. The summed E-state index contributed by atoms with van der Waals surface area (Å²) in [6.07, 6.45) is 0.614. The van der Waals surface area contributed by atoms with Crippen LogP contribution in [0.5, 0.6) is 0 Å². The van der Waals surface area contributed by atoms with Crippen LogP contribution in [-0.4, -0.2) is 28.5 Å². The molecule has 1 aliphatic heterocycles. The van der Waals surface area contributed by atoms with Crippen molar-refractivity contribution in [2.45, 2.75) is 39.7 Å². The van der Waals surface area contributed by atoms with Crippen LogP contribution < -0.4 is 0 Å². The summed E-state index contributed by atoms with van der Waals surface area (Å²) in [6, 6.07) is 7.29. The van der Waals surface area contributed by atoms with Crippen LogP contribution in [0.3, 0.4) is 0 Å². The molecule has 1 aromatic rings. The second kappa shape index (κ2) is 5.72. The van der Waals surface area contributed by atoms with Gasteiger partial charge in [0.2, 0.25) is 11.7 Å². The largest absolute Gasteiger partial charge is 0.296 e. The van der Waals surface area contributed by atoms with Crippen LogP contribution in [0.4, 0.5) is 0 Å². The number of hydrogen-bond acceptors (Lipinski definition) is 3. The van der Waals surface area contributed by atoms with E-state index in [-0.39, 0.29) is 18.4 Å². The predicted molar refractivity (Wildman–Crippen MR) is 82.6 cm³/mol. The van der Waals surface area contributed by atoms with Crippen LogP contribution in [-0.2, 0) is 20.8 Å². The van der Waals surface area contributed by atoms with E-state index in [0.717, 1.165) is 14.9 Å². The summed E-state index contributed by atoms with van der Waals surface area (Å²) < 4.78 is 0.965. The molecule has 0 aromatic heterocycles. The number of imide groups is 1. The molecule has 0 bridgehead atoms. The number of hydrogen-bond donors (Lipinski definition) is 0. The van der Waals surface area contributed by atoms with Gasteiger partial charge in [0.25, 0.3) is 5.91 Å². The second-order valence-corrected chi connectivity index (χ2v) is 7.26. The fourth-order valence-electron chi connectivity index (χ4n) is 2.37. The Labute approximate surface area is 132 Å². The van der Waals surface area contributed by atoms with E-state index in [1.807, 2.05) is 24.3 Å². The molecule has 0 aliphatic carbocycles. The van der Waals surface area contributed by atoms with E-state index >= 15 is 0 Å². The van der Waals surface area contributed by atoms with Crippen LogP contribution in [0.15, 0.2) is 28.7 Å². The summed E-state index contributed by atoms with van der Waals surface area (Å²) in [5.41, 5.74) is 0.315. The lowest BCUT2D eigenvalue weighted by Crippen LogP contribution is -2.46. The fourth-order valence-corrected chi connectivity index (χ4v) is 2.63. The molecule has 0 N–H and O–H groups in total. The Hall–Kier alpha value is -1.49. The molecule has 2 amide bonds. The molecule has 1 atom stereocenters. The van der Waals surface area contributed by atoms with Crippen LogP contribution in [0.1, 0.15) is 32.8 Å². The average molecular weight is 352 g/mol. The monoisotopic (exact) mass is 351 g/mol. The second-order valence-electron chi connectivity index (χ2n) is 6.34. The van der Waals surface area contributed by atoms with Gasteiger partial charge < -0.3 is 0 Å². The smallest absolute Gasteiger partial charge is 0.289 e. The summed E-state index contributed by atoms with van der Waals surface area (Å²) in [5, 5.41) is 0. The van der Waals surface area contributed by atoms with Gasteiger partial charge in [-0.3, -0.25) is 19.3 Å². The molecule has 4 nitrogen and oxygen atoms in total. The number of ketones is 1. The Kier molecular flexibility index (Phi) is 4.33. The van der Waals surface area contributed by atoms with E-state index in [0.29, 0.717) is 6.42 Å². The normalized spacial score (nSPS) is 19.2. The Morgan fingerprint density at radius 1 is 1.24 bits per heavy atom. The van der Waals surface area contributed by atoms with Crippen molar-refractivity contribution in [1.29, 1.82) is 0 Å². The zero-order valence-electron chi connectivity index (χ0n) is 12.4. The summed E-state index contributed by atoms with van der Waals surface area (Å²) in [7, 11) is 0. The van der Waals surface area contributed by atoms with Crippen molar-refractivity contribution >= 4 is 33.5 Å². The maximum absolute atomic E-state index is 12.4. The number of halogens is 1. The molecule has 1 aromatic carbocycles. The van der Waals surface area contributed by atoms with Gasteiger partial charge in [0.1, 0.15) is 0 Å². The molecule has 1 heterocycles. The van der Waals surface area contributed by atoms with Crippen molar-refractivity contribution in [1.82, 2.24) is 4.90 Å². The number of amides is 2. The number of Topliss-reactive ketones (excluding diaryl/α,β-unsaturated/α-hetero) is 1. The third-order valence-corrected chi connectivity index (χ3v) is 4.02. The van der Waals surface area contributed by atoms with Crippen LogP contribution in [0, 0.1) is 5.41 Å². The number of rotatable bonds is 2. The van der Waals surface area contributed by atoms with Crippen molar-refractivity contribution in [2.75, 3.05) is 0 Å². The lowest BCUT2D eigenvalue weighted by molar-refractivity contribution is -0.152. The van der Waals surface area contributed by atoms with Crippen molar-refractivity contribution in [3.8, 4) is 0 Å². The van der Waals surface area contributed by atoms with E-state index in [1.54, 1.807) is 20.8 Å². The van der Waals surface area contributed by atoms with Gasteiger partial charge >= 0.3 is 0 Å². The van der Waals surface area contributed by atoms with Crippen LogP contribution >= 0.6 is 15.9 Å². The Balaban J connectivity index is 2.24. The minimum absolute atomic E-state index is 0.108. The first-order valence-electron chi connectivity index (χ1n) is 6.85. The first-order valence-corrected chi connectivity index (χ1v) is 7.64. The minimum atomic E-state index is -0.682. The van der Waals surface area contributed by atoms with Gasteiger partial charge in [0.05, 0.1) is 6.04 Å². The summed E-state index contributed by atoms with van der Waals surface area (Å²) in [6.45, 7) is 5.26. The van der Waals surface area contributed by atoms with Crippen molar-refractivity contribution in [3.63, 3.8) is 0 Å². The van der Waals surface area contributed by atoms with Crippen LogP contribution in [0.2, 0.25) is 0 Å². The highest BCUT2D eigenvalue weighted by atomic mass is 79.9.